The van der Waals surface area contributed by atoms with Gasteiger partial charge in [-0.1, -0.05) is 17.7 Å². The SMILES string of the molecule is CC(C)(C)OC(=O)NC=Nc1cccc(NC(=O)c2cnn(-c3ccc(Cl)cc3)c2C(F)(F)F)c1. The molecule has 3 aromatic rings. The number of anilines is 1. The summed E-state index contributed by atoms with van der Waals surface area (Å²) < 4.78 is 47.2. The lowest BCUT2D eigenvalue weighted by molar-refractivity contribution is -0.143. The maximum Gasteiger partial charge on any atom is 0.434 e. The van der Waals surface area contributed by atoms with Crippen molar-refractivity contribution in [3.63, 3.8) is 0 Å². The molecule has 12 heteroatoms. The molecule has 8 nitrogen and oxygen atoms in total. The fraction of sp³-hybridized carbons (Fsp3) is 0.217. The highest BCUT2D eigenvalue weighted by atomic mass is 35.5. The minimum Gasteiger partial charge on any atom is -0.444 e. The summed E-state index contributed by atoms with van der Waals surface area (Å²) in [4.78, 5) is 28.4. The van der Waals surface area contributed by atoms with E-state index in [2.05, 4.69) is 20.7 Å². The second-order valence-corrected chi connectivity index (χ2v) is 8.64. The lowest BCUT2D eigenvalue weighted by Crippen LogP contribution is -2.31. The van der Waals surface area contributed by atoms with Crippen LogP contribution < -0.4 is 10.6 Å². The second-order valence-electron chi connectivity index (χ2n) is 8.20. The summed E-state index contributed by atoms with van der Waals surface area (Å²) in [6.07, 6.45) is -3.61. The number of carbonyl (C=O) groups is 2. The number of ether oxygens (including phenoxy) is 1. The predicted molar refractivity (Wildman–Crippen MR) is 125 cm³/mol. The maximum absolute atomic E-state index is 13.8. The summed E-state index contributed by atoms with van der Waals surface area (Å²) in [6.45, 7) is 5.12. The van der Waals surface area contributed by atoms with Crippen LogP contribution in [0.1, 0.15) is 36.8 Å². The molecule has 0 spiro atoms. The molecular weight excluding hydrogens is 487 g/mol. The summed E-state index contributed by atoms with van der Waals surface area (Å²) >= 11 is 5.81. The molecule has 2 N–H and O–H groups in total. The molecular formula is C23H21ClF3N5O3. The molecule has 0 aliphatic rings. The first-order valence-corrected chi connectivity index (χ1v) is 10.6. The molecule has 35 heavy (non-hydrogen) atoms. The standard InChI is InChI=1S/C23H21ClF3N5O3/c1-22(2,3)35-21(34)29-13-28-15-5-4-6-16(11-15)31-20(33)18-12-30-32(19(18)23(25,26)27)17-9-7-14(24)8-10-17/h4-13H,1-3H3,(H,31,33)(H,28,29,34). The number of alkyl carbamates (subject to hydrolysis) is 1. The van der Waals surface area contributed by atoms with Crippen LogP contribution >= 0.6 is 11.6 Å². The van der Waals surface area contributed by atoms with Crippen molar-refractivity contribution < 1.29 is 27.5 Å². The van der Waals surface area contributed by atoms with Gasteiger partial charge in [0.05, 0.1) is 29.5 Å². The summed E-state index contributed by atoms with van der Waals surface area (Å²) in [5.74, 6) is -1.01. The molecule has 2 aromatic carbocycles. The molecule has 0 aliphatic carbocycles. The quantitative estimate of drug-likeness (QED) is 0.328. The van der Waals surface area contributed by atoms with Crippen molar-refractivity contribution in [3.05, 3.63) is 71.0 Å². The number of carbonyl (C=O) groups excluding carboxylic acids is 2. The summed E-state index contributed by atoms with van der Waals surface area (Å²) in [5.41, 5.74) is -1.96. The molecule has 0 saturated carbocycles. The Morgan fingerprint density at radius 1 is 1.11 bits per heavy atom. The minimum absolute atomic E-state index is 0.0922. The van der Waals surface area contributed by atoms with Gasteiger partial charge in [0.15, 0.2) is 5.69 Å². The van der Waals surface area contributed by atoms with Gasteiger partial charge in [-0.15, -0.1) is 0 Å². The Labute approximate surface area is 203 Å². The van der Waals surface area contributed by atoms with Crippen molar-refractivity contribution in [2.24, 2.45) is 4.99 Å². The Morgan fingerprint density at radius 2 is 1.80 bits per heavy atom. The Bertz CT molecular complexity index is 1250. The summed E-state index contributed by atoms with van der Waals surface area (Å²) in [6, 6.07) is 11.6. The third-order valence-electron chi connectivity index (χ3n) is 4.25. The molecule has 0 aliphatic heterocycles. The number of aromatic nitrogens is 2. The largest absolute Gasteiger partial charge is 0.444 e. The average molecular weight is 508 g/mol. The molecule has 2 amide bonds. The number of nitrogens with zero attached hydrogens (tertiary/aromatic N) is 3. The first-order chi connectivity index (χ1) is 16.3. The van der Waals surface area contributed by atoms with Crippen LogP contribution in [0.2, 0.25) is 5.02 Å². The Kier molecular flexibility index (Phi) is 7.49. The van der Waals surface area contributed by atoms with Gasteiger partial charge in [0.1, 0.15) is 5.60 Å². The Morgan fingerprint density at radius 3 is 2.43 bits per heavy atom. The van der Waals surface area contributed by atoms with Gasteiger partial charge < -0.3 is 10.1 Å². The van der Waals surface area contributed by atoms with E-state index in [4.69, 9.17) is 16.3 Å². The van der Waals surface area contributed by atoms with Gasteiger partial charge in [-0.3, -0.25) is 10.1 Å². The average Bonchev–Trinajstić information content (AvgIpc) is 3.19. The van der Waals surface area contributed by atoms with Gasteiger partial charge in [-0.2, -0.15) is 18.3 Å². The van der Waals surface area contributed by atoms with E-state index in [1.807, 2.05) is 0 Å². The molecule has 0 saturated heterocycles. The van der Waals surface area contributed by atoms with E-state index in [1.54, 1.807) is 26.8 Å². The highest BCUT2D eigenvalue weighted by Crippen LogP contribution is 2.34. The lowest BCUT2D eigenvalue weighted by atomic mass is 10.2. The third kappa shape index (κ3) is 7.06. The molecule has 1 heterocycles. The Hall–Kier alpha value is -3.86. The van der Waals surface area contributed by atoms with Crippen molar-refractivity contribution in [1.82, 2.24) is 15.1 Å². The van der Waals surface area contributed by atoms with E-state index < -0.39 is 35.0 Å². The zero-order valence-electron chi connectivity index (χ0n) is 18.9. The highest BCUT2D eigenvalue weighted by molar-refractivity contribution is 6.30. The van der Waals surface area contributed by atoms with E-state index in [0.717, 1.165) is 12.5 Å². The lowest BCUT2D eigenvalue weighted by Gasteiger charge is -2.18. The fourth-order valence-corrected chi connectivity index (χ4v) is 3.02. The fourth-order valence-electron chi connectivity index (χ4n) is 2.89. The molecule has 0 unspecified atom stereocenters. The number of alkyl halides is 3. The van der Waals surface area contributed by atoms with E-state index in [-0.39, 0.29) is 11.4 Å². The number of rotatable bonds is 5. The number of hydrogen-bond donors (Lipinski definition) is 2. The zero-order valence-corrected chi connectivity index (χ0v) is 19.6. The van der Waals surface area contributed by atoms with Gasteiger partial charge in [0.25, 0.3) is 5.91 Å². The van der Waals surface area contributed by atoms with E-state index >= 15 is 0 Å². The number of halogens is 4. The molecule has 3 rings (SSSR count). The van der Waals surface area contributed by atoms with Gasteiger partial charge in [0, 0.05) is 10.7 Å². The monoisotopic (exact) mass is 507 g/mol. The van der Waals surface area contributed by atoms with Crippen LogP contribution in [-0.4, -0.2) is 33.7 Å². The van der Waals surface area contributed by atoms with Crippen LogP contribution in [-0.2, 0) is 10.9 Å². The van der Waals surface area contributed by atoms with Crippen molar-refractivity contribution in [1.29, 1.82) is 0 Å². The van der Waals surface area contributed by atoms with Crippen molar-refractivity contribution in [2.75, 3.05) is 5.32 Å². The molecule has 0 fully saturated rings. The summed E-state index contributed by atoms with van der Waals surface area (Å²) in [7, 11) is 0. The second kappa shape index (κ2) is 10.2. The molecule has 184 valence electrons. The summed E-state index contributed by atoms with van der Waals surface area (Å²) in [5, 5.41) is 8.86. The third-order valence-corrected chi connectivity index (χ3v) is 4.50. The van der Waals surface area contributed by atoms with Gasteiger partial charge in [0.2, 0.25) is 0 Å². The van der Waals surface area contributed by atoms with Crippen LogP contribution in [0.5, 0.6) is 0 Å². The topological polar surface area (TPSA) is 97.6 Å². The Balaban J connectivity index is 1.79. The van der Waals surface area contributed by atoms with Crippen molar-refractivity contribution >= 4 is 41.3 Å². The molecule has 1 aromatic heterocycles. The molecule has 0 atom stereocenters. The van der Waals surface area contributed by atoms with Gasteiger partial charge in [-0.25, -0.2) is 14.5 Å². The van der Waals surface area contributed by atoms with Crippen molar-refractivity contribution in [3.8, 4) is 5.69 Å². The number of hydrogen-bond acceptors (Lipinski definition) is 5. The van der Waals surface area contributed by atoms with E-state index in [9.17, 15) is 22.8 Å². The van der Waals surface area contributed by atoms with Crippen LogP contribution in [0.4, 0.5) is 29.3 Å². The van der Waals surface area contributed by atoms with Crippen LogP contribution in [0.25, 0.3) is 5.69 Å². The van der Waals surface area contributed by atoms with Crippen LogP contribution in [0, 0.1) is 0 Å². The number of aliphatic imine (C=N–C) groups is 1. The van der Waals surface area contributed by atoms with Crippen LogP contribution in [0.15, 0.2) is 59.7 Å². The number of nitrogens with one attached hydrogen (secondary N) is 2. The smallest absolute Gasteiger partial charge is 0.434 e. The predicted octanol–water partition coefficient (Wildman–Crippen LogP) is 5.98. The molecule has 0 radical (unpaired) electrons. The van der Waals surface area contributed by atoms with Crippen molar-refractivity contribution in [2.45, 2.75) is 32.5 Å². The maximum atomic E-state index is 13.8. The van der Waals surface area contributed by atoms with Crippen LogP contribution in [0.3, 0.4) is 0 Å². The highest BCUT2D eigenvalue weighted by Gasteiger charge is 2.40. The van der Waals surface area contributed by atoms with Gasteiger partial charge >= 0.3 is 12.3 Å². The minimum atomic E-state index is -4.86. The number of amides is 2. The zero-order chi connectivity index (χ0) is 25.8. The van der Waals surface area contributed by atoms with Gasteiger partial charge in [-0.05, 0) is 63.2 Å². The number of benzene rings is 2. The first kappa shape index (κ1) is 25.8. The van der Waals surface area contributed by atoms with E-state index in [1.165, 1.54) is 42.5 Å². The molecule has 0 bridgehead atoms. The van der Waals surface area contributed by atoms with E-state index in [0.29, 0.717) is 15.4 Å². The normalized spacial score (nSPS) is 12.0. The first-order valence-electron chi connectivity index (χ1n) is 10.2.